The number of hydrogen-bond acceptors (Lipinski definition) is 3. The molecule has 0 amide bonds. The van der Waals surface area contributed by atoms with Gasteiger partial charge in [0, 0.05) is 6.92 Å². The van der Waals surface area contributed by atoms with Crippen LogP contribution in [0.3, 0.4) is 0 Å². The second kappa shape index (κ2) is 5.05. The van der Waals surface area contributed by atoms with Crippen LogP contribution < -0.4 is 6.15 Å². The first kappa shape index (κ1) is 13.0. The second-order valence-corrected chi connectivity index (χ2v) is 3.07. The lowest BCUT2D eigenvalue weighted by atomic mass is 10.4. The second-order valence-electron chi connectivity index (χ2n) is 2.31. The molecule has 78 valence electrons. The zero-order valence-electron chi connectivity index (χ0n) is 7.38. The Hall–Kier alpha value is -0.970. The number of aliphatic carboxylic acids is 1. The van der Waals surface area contributed by atoms with E-state index in [1.54, 1.807) is 12.1 Å². The lowest BCUT2D eigenvalue weighted by Gasteiger charge is -1.81. The molecule has 0 fully saturated rings. The third-order valence-electron chi connectivity index (χ3n) is 1.23. The zero-order chi connectivity index (χ0) is 10.0. The van der Waals surface area contributed by atoms with Crippen molar-refractivity contribution >= 4 is 40.3 Å². The van der Waals surface area contributed by atoms with Crippen LogP contribution in [0.4, 0.5) is 0 Å². The summed E-state index contributed by atoms with van der Waals surface area (Å²) in [5.74, 6) is -0.833. The van der Waals surface area contributed by atoms with E-state index in [2.05, 4.69) is 0 Å². The van der Waals surface area contributed by atoms with Crippen molar-refractivity contribution in [1.82, 2.24) is 6.15 Å². The normalized spacial score (nSPS) is 9.07. The van der Waals surface area contributed by atoms with Crippen LogP contribution in [0.15, 0.2) is 16.5 Å². The van der Waals surface area contributed by atoms with Crippen LogP contribution in [0.5, 0.6) is 0 Å². The van der Waals surface area contributed by atoms with Crippen molar-refractivity contribution in [2.75, 3.05) is 0 Å². The molecule has 2 bridgehead atoms. The van der Waals surface area contributed by atoms with Crippen LogP contribution in [0.2, 0.25) is 10.0 Å². The average molecular weight is 238 g/mol. The molecular formula is C8H9Cl2NO3. The van der Waals surface area contributed by atoms with Gasteiger partial charge in [-0.05, 0) is 12.1 Å². The summed E-state index contributed by atoms with van der Waals surface area (Å²) >= 11 is 11.3. The van der Waals surface area contributed by atoms with Crippen LogP contribution in [-0.2, 0) is 4.79 Å². The topological polar surface area (TPSA) is 85.4 Å². The molecule has 14 heavy (non-hydrogen) atoms. The summed E-state index contributed by atoms with van der Waals surface area (Å²) in [4.78, 5) is 9.00. The van der Waals surface area contributed by atoms with Crippen molar-refractivity contribution in [2.24, 2.45) is 0 Å². The van der Waals surface area contributed by atoms with Crippen LogP contribution in [-0.4, -0.2) is 11.1 Å². The van der Waals surface area contributed by atoms with Crippen LogP contribution in [0, 0.1) is 0 Å². The molecule has 0 aromatic carbocycles. The molecule has 0 radical (unpaired) electrons. The number of carboxylic acid groups (broad SMARTS) is 1. The van der Waals surface area contributed by atoms with E-state index in [4.69, 9.17) is 37.5 Å². The third kappa shape index (κ3) is 2.77. The third-order valence-corrected chi connectivity index (χ3v) is 2.08. The van der Waals surface area contributed by atoms with E-state index in [-0.39, 0.29) is 6.15 Å². The number of carbonyl (C=O) groups is 1. The summed E-state index contributed by atoms with van der Waals surface area (Å²) in [5, 5.41) is 8.46. The molecule has 4 N–H and O–H groups in total. The first-order valence-electron chi connectivity index (χ1n) is 3.37. The largest absolute Gasteiger partial charge is 0.481 e. The molecule has 0 aliphatic carbocycles. The fraction of sp³-hybridized carbons (Fsp3) is 0.125. The number of hydrogen-bond donors (Lipinski definition) is 2. The molecule has 2 rings (SSSR count). The highest BCUT2D eigenvalue weighted by Gasteiger charge is 2.11. The molecule has 0 aliphatic heterocycles. The smallest absolute Gasteiger partial charge is 0.300 e. The van der Waals surface area contributed by atoms with Gasteiger partial charge in [0.1, 0.15) is 21.2 Å². The van der Waals surface area contributed by atoms with Crippen LogP contribution in [0.1, 0.15) is 6.92 Å². The molecule has 2 aromatic rings. The van der Waals surface area contributed by atoms with Gasteiger partial charge in [-0.1, -0.05) is 23.2 Å². The molecule has 4 nitrogen and oxygen atoms in total. The van der Waals surface area contributed by atoms with Gasteiger partial charge in [-0.3, -0.25) is 4.79 Å². The highest BCUT2D eigenvalue weighted by Crippen LogP contribution is 2.36. The minimum Gasteiger partial charge on any atom is -0.481 e. The molecule has 0 saturated heterocycles. The van der Waals surface area contributed by atoms with E-state index in [0.717, 1.165) is 6.92 Å². The first-order valence-corrected chi connectivity index (χ1v) is 4.13. The van der Waals surface area contributed by atoms with E-state index in [1.807, 2.05) is 0 Å². The van der Waals surface area contributed by atoms with Crippen molar-refractivity contribution in [3.63, 3.8) is 0 Å². The van der Waals surface area contributed by atoms with E-state index < -0.39 is 5.97 Å². The highest BCUT2D eigenvalue weighted by molar-refractivity contribution is 6.46. The Morgan fingerprint density at radius 1 is 1.29 bits per heavy atom. The number of rotatable bonds is 0. The average Bonchev–Trinajstić information content (AvgIpc) is 2.55. The maximum Gasteiger partial charge on any atom is 0.300 e. The van der Waals surface area contributed by atoms with Crippen molar-refractivity contribution in [2.45, 2.75) is 6.92 Å². The molecule has 0 spiro atoms. The first-order chi connectivity index (χ1) is 6.02. The Balaban J connectivity index is 0.000000299. The number of benzene rings is 1. The van der Waals surface area contributed by atoms with E-state index >= 15 is 0 Å². The van der Waals surface area contributed by atoms with Gasteiger partial charge in [0.25, 0.3) is 5.97 Å². The van der Waals surface area contributed by atoms with E-state index in [0.29, 0.717) is 21.2 Å². The lowest BCUT2D eigenvalue weighted by Crippen LogP contribution is -1.78. The van der Waals surface area contributed by atoms with Crippen molar-refractivity contribution in [3.8, 4) is 0 Å². The van der Waals surface area contributed by atoms with Gasteiger partial charge in [-0.25, -0.2) is 0 Å². The highest BCUT2D eigenvalue weighted by atomic mass is 35.5. The Kier molecular flexibility index (Phi) is 4.70. The van der Waals surface area contributed by atoms with Gasteiger partial charge in [0.15, 0.2) is 0 Å². The summed E-state index contributed by atoms with van der Waals surface area (Å²) in [7, 11) is 0. The molecule has 0 atom stereocenters. The van der Waals surface area contributed by atoms with Gasteiger partial charge in [0.2, 0.25) is 0 Å². The summed E-state index contributed by atoms with van der Waals surface area (Å²) < 4.78 is 5.08. The number of halogens is 2. The van der Waals surface area contributed by atoms with Gasteiger partial charge >= 0.3 is 0 Å². The fourth-order valence-electron chi connectivity index (χ4n) is 0.790. The van der Waals surface area contributed by atoms with Crippen molar-refractivity contribution in [3.05, 3.63) is 22.2 Å². The number of carboxylic acids is 1. The number of furan rings is 2. The summed E-state index contributed by atoms with van der Waals surface area (Å²) in [5.41, 5.74) is 1.33. The maximum atomic E-state index is 9.00. The van der Waals surface area contributed by atoms with Crippen LogP contribution >= 0.6 is 23.2 Å². The Morgan fingerprint density at radius 2 is 1.57 bits per heavy atom. The predicted octanol–water partition coefficient (Wildman–Crippen LogP) is 3.43. The zero-order valence-corrected chi connectivity index (χ0v) is 8.89. The molecular weight excluding hydrogens is 229 g/mol. The molecule has 6 heteroatoms. The van der Waals surface area contributed by atoms with E-state index in [9.17, 15) is 0 Å². The SMILES string of the molecule is CC(=O)O.Clc1c(Cl)c2ccc1o2.N. The molecule has 0 saturated carbocycles. The van der Waals surface area contributed by atoms with Gasteiger partial charge < -0.3 is 15.7 Å². The maximum absolute atomic E-state index is 9.00. The number of fused-ring (bicyclic) bond motifs is 2. The molecule has 2 heterocycles. The van der Waals surface area contributed by atoms with Crippen molar-refractivity contribution in [1.29, 1.82) is 0 Å². The minimum atomic E-state index is -0.833. The molecule has 0 aliphatic rings. The fourth-order valence-corrected chi connectivity index (χ4v) is 1.18. The lowest BCUT2D eigenvalue weighted by molar-refractivity contribution is -0.134. The van der Waals surface area contributed by atoms with Crippen molar-refractivity contribution < 1.29 is 14.3 Å². The Bertz CT molecular complexity index is 378. The quantitative estimate of drug-likeness (QED) is 0.736. The summed E-state index contributed by atoms with van der Waals surface area (Å²) in [6.07, 6.45) is 0. The van der Waals surface area contributed by atoms with Gasteiger partial charge in [-0.15, -0.1) is 0 Å². The molecule has 2 aromatic heterocycles. The monoisotopic (exact) mass is 237 g/mol. The summed E-state index contributed by atoms with van der Waals surface area (Å²) in [6.45, 7) is 1.08. The standard InChI is InChI=1S/C6H2Cl2O.C2H4O2.H3N/c7-5-3-1-2-4(9-3)6(5)8;1-2(3)4;/h1-2H;1H3,(H,3,4);1H3. The summed E-state index contributed by atoms with van der Waals surface area (Å²) in [6, 6.07) is 3.59. The minimum absolute atomic E-state index is 0. The van der Waals surface area contributed by atoms with Gasteiger partial charge in [-0.2, -0.15) is 0 Å². The Labute approximate surface area is 90.3 Å². The van der Waals surface area contributed by atoms with Crippen LogP contribution in [0.25, 0.3) is 11.2 Å². The van der Waals surface area contributed by atoms with Gasteiger partial charge in [0.05, 0.1) is 0 Å². The van der Waals surface area contributed by atoms with E-state index in [1.165, 1.54) is 0 Å². The molecule has 0 unspecified atom stereocenters. The Morgan fingerprint density at radius 3 is 1.71 bits per heavy atom. The predicted molar refractivity (Wildman–Crippen MR) is 55.8 cm³/mol.